The summed E-state index contributed by atoms with van der Waals surface area (Å²) in [6.45, 7) is 3.63. The monoisotopic (exact) mass is 247 g/mol. The van der Waals surface area contributed by atoms with Gasteiger partial charge in [-0.15, -0.1) is 11.3 Å². The molecule has 0 aliphatic heterocycles. The van der Waals surface area contributed by atoms with Crippen LogP contribution in [0, 0.1) is 0 Å². The molecule has 4 heteroatoms. The van der Waals surface area contributed by atoms with E-state index in [9.17, 15) is 0 Å². The normalized spacial score (nSPS) is 10.9. The molecule has 0 N–H and O–H groups in total. The van der Waals surface area contributed by atoms with Crippen molar-refractivity contribution in [1.29, 1.82) is 0 Å². The van der Waals surface area contributed by atoms with E-state index >= 15 is 0 Å². The van der Waals surface area contributed by atoms with Gasteiger partial charge in [0.1, 0.15) is 5.01 Å². The van der Waals surface area contributed by atoms with Crippen LogP contribution in [0.4, 0.5) is 0 Å². The second-order valence-electron chi connectivity index (χ2n) is 3.32. The molecule has 17 heavy (non-hydrogen) atoms. The molecule has 0 saturated carbocycles. The van der Waals surface area contributed by atoms with Crippen molar-refractivity contribution >= 4 is 27.6 Å². The van der Waals surface area contributed by atoms with Crippen LogP contribution >= 0.6 is 11.3 Å². The number of benzene rings is 1. The van der Waals surface area contributed by atoms with Gasteiger partial charge in [-0.05, 0) is 6.08 Å². The molecular formula is C13H13NO2S. The largest absolute Gasteiger partial charge is 0.493 e. The maximum Gasteiger partial charge on any atom is 0.162 e. The average Bonchev–Trinajstić information content (AvgIpc) is 2.76. The lowest BCUT2D eigenvalue weighted by molar-refractivity contribution is 0.356. The van der Waals surface area contributed by atoms with Gasteiger partial charge in [0.2, 0.25) is 0 Å². The van der Waals surface area contributed by atoms with Gasteiger partial charge in [0.15, 0.2) is 11.5 Å². The summed E-state index contributed by atoms with van der Waals surface area (Å²) in [4.78, 5) is 4.48. The fourth-order valence-corrected chi connectivity index (χ4v) is 2.39. The SMILES string of the molecule is C=CC=Cc1nc2cc(OC)c(OC)cc2s1. The Hall–Kier alpha value is -1.81. The van der Waals surface area contributed by atoms with Crippen LogP contribution in [-0.4, -0.2) is 19.2 Å². The number of thiazole rings is 1. The summed E-state index contributed by atoms with van der Waals surface area (Å²) >= 11 is 1.60. The van der Waals surface area contributed by atoms with Crippen LogP contribution in [0.1, 0.15) is 5.01 Å². The lowest BCUT2D eigenvalue weighted by Gasteiger charge is -2.05. The summed E-state index contributed by atoms with van der Waals surface area (Å²) in [5.74, 6) is 1.42. The van der Waals surface area contributed by atoms with Gasteiger partial charge in [-0.2, -0.15) is 0 Å². The van der Waals surface area contributed by atoms with Gasteiger partial charge in [-0.3, -0.25) is 0 Å². The molecule has 0 unspecified atom stereocenters. The quantitative estimate of drug-likeness (QED) is 0.775. The molecule has 0 spiro atoms. The number of rotatable bonds is 4. The van der Waals surface area contributed by atoms with Gasteiger partial charge in [-0.25, -0.2) is 4.98 Å². The van der Waals surface area contributed by atoms with Crippen molar-refractivity contribution in [2.45, 2.75) is 0 Å². The summed E-state index contributed by atoms with van der Waals surface area (Å²) in [5.41, 5.74) is 0.913. The maximum absolute atomic E-state index is 5.25. The lowest BCUT2D eigenvalue weighted by atomic mass is 10.3. The van der Waals surface area contributed by atoms with E-state index in [0.29, 0.717) is 5.75 Å². The molecule has 0 atom stereocenters. The predicted molar refractivity (Wildman–Crippen MR) is 72.0 cm³/mol. The molecule has 0 aliphatic rings. The Morgan fingerprint density at radius 3 is 2.59 bits per heavy atom. The number of nitrogens with zero attached hydrogens (tertiary/aromatic N) is 1. The topological polar surface area (TPSA) is 31.4 Å². The molecule has 0 amide bonds. The van der Waals surface area contributed by atoms with Crippen molar-refractivity contribution in [2.75, 3.05) is 14.2 Å². The molecule has 3 nitrogen and oxygen atoms in total. The fraction of sp³-hybridized carbons (Fsp3) is 0.154. The molecule has 0 radical (unpaired) electrons. The molecule has 1 aromatic carbocycles. The Kier molecular flexibility index (Phi) is 3.44. The summed E-state index contributed by atoms with van der Waals surface area (Å²) in [5, 5.41) is 0.940. The van der Waals surface area contributed by atoms with E-state index in [0.717, 1.165) is 21.0 Å². The number of allylic oxidation sites excluding steroid dienone is 2. The Morgan fingerprint density at radius 2 is 1.94 bits per heavy atom. The average molecular weight is 247 g/mol. The van der Waals surface area contributed by atoms with Crippen LogP contribution < -0.4 is 9.47 Å². The van der Waals surface area contributed by atoms with Gasteiger partial charge < -0.3 is 9.47 Å². The second-order valence-corrected chi connectivity index (χ2v) is 4.38. The van der Waals surface area contributed by atoms with Crippen molar-refractivity contribution in [2.24, 2.45) is 0 Å². The Bertz CT molecular complexity index is 531. The number of hydrogen-bond donors (Lipinski definition) is 0. The third kappa shape index (κ3) is 2.31. The van der Waals surface area contributed by atoms with E-state index in [4.69, 9.17) is 9.47 Å². The third-order valence-electron chi connectivity index (χ3n) is 2.29. The fourth-order valence-electron chi connectivity index (χ4n) is 1.49. The first-order chi connectivity index (χ1) is 8.28. The molecule has 1 heterocycles. The molecule has 0 fully saturated rings. The van der Waals surface area contributed by atoms with E-state index in [1.165, 1.54) is 0 Å². The second kappa shape index (κ2) is 5.01. The van der Waals surface area contributed by atoms with Crippen molar-refractivity contribution in [3.05, 3.63) is 35.9 Å². The number of ether oxygens (including phenoxy) is 2. The zero-order valence-electron chi connectivity index (χ0n) is 9.77. The first kappa shape index (κ1) is 11.7. The predicted octanol–water partition coefficient (Wildman–Crippen LogP) is 3.51. The van der Waals surface area contributed by atoms with Crippen LogP contribution in [-0.2, 0) is 0 Å². The summed E-state index contributed by atoms with van der Waals surface area (Å²) in [6, 6.07) is 3.83. The number of methoxy groups -OCH3 is 2. The van der Waals surface area contributed by atoms with Gasteiger partial charge in [0.25, 0.3) is 0 Å². The zero-order chi connectivity index (χ0) is 12.3. The first-order valence-electron chi connectivity index (χ1n) is 5.10. The Balaban J connectivity index is 2.53. The molecule has 2 rings (SSSR count). The molecular weight excluding hydrogens is 234 g/mol. The van der Waals surface area contributed by atoms with Gasteiger partial charge in [-0.1, -0.05) is 18.7 Å². The van der Waals surface area contributed by atoms with Crippen LogP contribution in [0.5, 0.6) is 11.5 Å². The number of aromatic nitrogens is 1. The van der Waals surface area contributed by atoms with E-state index in [1.54, 1.807) is 31.6 Å². The molecule has 0 bridgehead atoms. The zero-order valence-corrected chi connectivity index (χ0v) is 10.6. The van der Waals surface area contributed by atoms with Gasteiger partial charge in [0, 0.05) is 12.1 Å². The van der Waals surface area contributed by atoms with Crippen LogP contribution in [0.2, 0.25) is 0 Å². The smallest absolute Gasteiger partial charge is 0.162 e. The molecule has 1 aromatic heterocycles. The minimum Gasteiger partial charge on any atom is -0.493 e. The van der Waals surface area contributed by atoms with Gasteiger partial charge >= 0.3 is 0 Å². The molecule has 2 aromatic rings. The van der Waals surface area contributed by atoms with Crippen LogP contribution in [0.25, 0.3) is 16.3 Å². The lowest BCUT2D eigenvalue weighted by Crippen LogP contribution is -1.89. The summed E-state index contributed by atoms with van der Waals surface area (Å²) in [6.07, 6.45) is 5.52. The molecule has 0 saturated heterocycles. The summed E-state index contributed by atoms with van der Waals surface area (Å²) in [7, 11) is 3.25. The minimum absolute atomic E-state index is 0.699. The van der Waals surface area contributed by atoms with Crippen LogP contribution in [0.3, 0.4) is 0 Å². The van der Waals surface area contributed by atoms with E-state index < -0.39 is 0 Å². The highest BCUT2D eigenvalue weighted by atomic mass is 32.1. The van der Waals surface area contributed by atoms with E-state index in [-0.39, 0.29) is 0 Å². The molecule has 0 aliphatic carbocycles. The highest BCUT2D eigenvalue weighted by molar-refractivity contribution is 7.19. The van der Waals surface area contributed by atoms with E-state index in [1.807, 2.05) is 24.3 Å². The van der Waals surface area contributed by atoms with Gasteiger partial charge in [0.05, 0.1) is 24.4 Å². The van der Waals surface area contributed by atoms with Crippen molar-refractivity contribution in [1.82, 2.24) is 4.98 Å². The van der Waals surface area contributed by atoms with Crippen molar-refractivity contribution in [3.8, 4) is 11.5 Å². The van der Waals surface area contributed by atoms with Crippen molar-refractivity contribution in [3.63, 3.8) is 0 Å². The van der Waals surface area contributed by atoms with Crippen molar-refractivity contribution < 1.29 is 9.47 Å². The maximum atomic E-state index is 5.25. The Morgan fingerprint density at radius 1 is 1.24 bits per heavy atom. The summed E-state index contributed by atoms with van der Waals surface area (Å²) < 4.78 is 11.6. The first-order valence-corrected chi connectivity index (χ1v) is 5.91. The molecule has 88 valence electrons. The highest BCUT2D eigenvalue weighted by Gasteiger charge is 2.09. The van der Waals surface area contributed by atoms with Crippen LogP contribution in [0.15, 0.2) is 30.9 Å². The van der Waals surface area contributed by atoms with E-state index in [2.05, 4.69) is 11.6 Å². The number of hydrogen-bond acceptors (Lipinski definition) is 4. The third-order valence-corrected chi connectivity index (χ3v) is 3.27. The minimum atomic E-state index is 0.699. The Labute approximate surface area is 104 Å². The standard InChI is InChI=1S/C13H13NO2S/c1-4-5-6-13-14-9-7-10(15-2)11(16-3)8-12(9)17-13/h4-8H,1H2,2-3H3. The number of fused-ring (bicyclic) bond motifs is 1. The highest BCUT2D eigenvalue weighted by Crippen LogP contribution is 2.34.